The molecule has 1 unspecified atom stereocenters. The summed E-state index contributed by atoms with van der Waals surface area (Å²) in [6, 6.07) is 0.519. The Balaban J connectivity index is 3.00. The highest BCUT2D eigenvalue weighted by molar-refractivity contribution is 4.93. The first kappa shape index (κ1) is 8.24. The fourth-order valence-electron chi connectivity index (χ4n) is 1.30. The minimum Gasteiger partial charge on any atom is -0.313 e. The third kappa shape index (κ3) is 1.42. The lowest BCUT2D eigenvalue weighted by atomic mass is 10.2. The SMILES string of the molecule is CCC(C)n1c(C)nnc1C. The predicted molar refractivity (Wildman–Crippen MR) is 44.5 cm³/mol. The van der Waals surface area contributed by atoms with Gasteiger partial charge in [-0.3, -0.25) is 0 Å². The summed E-state index contributed by atoms with van der Waals surface area (Å²) < 4.78 is 2.17. The second-order valence-electron chi connectivity index (χ2n) is 2.92. The van der Waals surface area contributed by atoms with Crippen LogP contribution in [0.15, 0.2) is 0 Å². The van der Waals surface area contributed by atoms with Crippen LogP contribution in [0.1, 0.15) is 38.0 Å². The second-order valence-corrected chi connectivity index (χ2v) is 2.92. The summed E-state index contributed by atoms with van der Waals surface area (Å²) in [5.41, 5.74) is 0. The normalized spacial score (nSPS) is 13.5. The van der Waals surface area contributed by atoms with Crippen LogP contribution in [-0.4, -0.2) is 14.8 Å². The summed E-state index contributed by atoms with van der Waals surface area (Å²) in [4.78, 5) is 0. The minimum absolute atomic E-state index is 0.519. The highest BCUT2D eigenvalue weighted by Crippen LogP contribution is 2.13. The van der Waals surface area contributed by atoms with Gasteiger partial charge < -0.3 is 4.57 Å². The average Bonchev–Trinajstić information content (AvgIpc) is 2.30. The Bertz CT molecular complexity index is 220. The first-order chi connectivity index (χ1) is 5.16. The van der Waals surface area contributed by atoms with Crippen molar-refractivity contribution < 1.29 is 0 Å². The highest BCUT2D eigenvalue weighted by atomic mass is 15.3. The molecule has 1 heterocycles. The lowest BCUT2D eigenvalue weighted by Crippen LogP contribution is -2.07. The topological polar surface area (TPSA) is 30.7 Å². The van der Waals surface area contributed by atoms with Gasteiger partial charge in [-0.15, -0.1) is 10.2 Å². The fraction of sp³-hybridized carbons (Fsp3) is 0.750. The molecule has 0 aromatic carbocycles. The van der Waals surface area contributed by atoms with Crippen LogP contribution in [0.5, 0.6) is 0 Å². The van der Waals surface area contributed by atoms with E-state index in [2.05, 4.69) is 28.6 Å². The van der Waals surface area contributed by atoms with Gasteiger partial charge in [-0.25, -0.2) is 0 Å². The molecule has 0 aliphatic rings. The molecule has 0 saturated carbocycles. The zero-order valence-corrected chi connectivity index (χ0v) is 7.63. The van der Waals surface area contributed by atoms with Crippen molar-refractivity contribution in [2.24, 2.45) is 0 Å². The van der Waals surface area contributed by atoms with Gasteiger partial charge >= 0.3 is 0 Å². The van der Waals surface area contributed by atoms with Gasteiger partial charge in [0.1, 0.15) is 11.6 Å². The summed E-state index contributed by atoms with van der Waals surface area (Å²) in [6.07, 6.45) is 1.12. The van der Waals surface area contributed by atoms with Crippen molar-refractivity contribution in [2.75, 3.05) is 0 Å². The minimum atomic E-state index is 0.519. The molecule has 0 bridgehead atoms. The van der Waals surface area contributed by atoms with E-state index in [9.17, 15) is 0 Å². The molecule has 0 radical (unpaired) electrons. The van der Waals surface area contributed by atoms with Crippen LogP contribution in [0, 0.1) is 13.8 Å². The monoisotopic (exact) mass is 153 g/mol. The van der Waals surface area contributed by atoms with Crippen molar-refractivity contribution >= 4 is 0 Å². The van der Waals surface area contributed by atoms with Gasteiger partial charge in [0.15, 0.2) is 0 Å². The lowest BCUT2D eigenvalue weighted by Gasteiger charge is -2.12. The number of aromatic nitrogens is 3. The molecule has 0 fully saturated rings. The summed E-state index contributed by atoms with van der Waals surface area (Å²) in [7, 11) is 0. The van der Waals surface area contributed by atoms with Crippen molar-refractivity contribution in [3.05, 3.63) is 11.6 Å². The molecule has 0 saturated heterocycles. The van der Waals surface area contributed by atoms with Crippen LogP contribution in [0.25, 0.3) is 0 Å². The van der Waals surface area contributed by atoms with Crippen LogP contribution in [0.3, 0.4) is 0 Å². The van der Waals surface area contributed by atoms with Crippen molar-refractivity contribution in [1.29, 1.82) is 0 Å². The molecule has 0 amide bonds. The van der Waals surface area contributed by atoms with Gasteiger partial charge in [0.25, 0.3) is 0 Å². The maximum absolute atomic E-state index is 4.00. The van der Waals surface area contributed by atoms with Crippen molar-refractivity contribution in [3.8, 4) is 0 Å². The molecule has 0 aliphatic carbocycles. The first-order valence-corrected chi connectivity index (χ1v) is 4.05. The maximum atomic E-state index is 4.00. The fourth-order valence-corrected chi connectivity index (χ4v) is 1.30. The highest BCUT2D eigenvalue weighted by Gasteiger charge is 2.08. The van der Waals surface area contributed by atoms with Crippen molar-refractivity contribution in [2.45, 2.75) is 40.2 Å². The van der Waals surface area contributed by atoms with Gasteiger partial charge in [0.05, 0.1) is 0 Å². The maximum Gasteiger partial charge on any atom is 0.130 e. The molecule has 1 atom stereocenters. The summed E-state index contributed by atoms with van der Waals surface area (Å²) >= 11 is 0. The summed E-state index contributed by atoms with van der Waals surface area (Å²) in [6.45, 7) is 8.34. The Kier molecular flexibility index (Phi) is 2.27. The van der Waals surface area contributed by atoms with Gasteiger partial charge in [-0.05, 0) is 27.2 Å². The van der Waals surface area contributed by atoms with E-state index in [4.69, 9.17) is 0 Å². The number of aryl methyl sites for hydroxylation is 2. The molecule has 0 aliphatic heterocycles. The van der Waals surface area contributed by atoms with Crippen LogP contribution in [-0.2, 0) is 0 Å². The number of nitrogens with zero attached hydrogens (tertiary/aromatic N) is 3. The Labute approximate surface area is 67.4 Å². The molecule has 3 heteroatoms. The molecule has 0 N–H and O–H groups in total. The van der Waals surface area contributed by atoms with E-state index in [1.807, 2.05) is 13.8 Å². The zero-order chi connectivity index (χ0) is 8.43. The Hall–Kier alpha value is -0.860. The smallest absolute Gasteiger partial charge is 0.130 e. The number of hydrogen-bond donors (Lipinski definition) is 0. The Morgan fingerprint density at radius 3 is 2.09 bits per heavy atom. The number of rotatable bonds is 2. The van der Waals surface area contributed by atoms with Crippen LogP contribution >= 0.6 is 0 Å². The van der Waals surface area contributed by atoms with E-state index < -0.39 is 0 Å². The quantitative estimate of drug-likeness (QED) is 0.649. The van der Waals surface area contributed by atoms with Gasteiger partial charge in [-0.2, -0.15) is 0 Å². The Morgan fingerprint density at radius 2 is 1.73 bits per heavy atom. The first-order valence-electron chi connectivity index (χ1n) is 4.05. The molecular formula is C8H15N3. The predicted octanol–water partition coefficient (Wildman–Crippen LogP) is 1.87. The third-order valence-electron chi connectivity index (χ3n) is 2.07. The van der Waals surface area contributed by atoms with E-state index in [1.165, 1.54) is 0 Å². The van der Waals surface area contributed by atoms with E-state index in [0.717, 1.165) is 18.1 Å². The van der Waals surface area contributed by atoms with Gasteiger partial charge in [0, 0.05) is 6.04 Å². The average molecular weight is 153 g/mol. The van der Waals surface area contributed by atoms with E-state index in [1.54, 1.807) is 0 Å². The number of hydrogen-bond acceptors (Lipinski definition) is 2. The second kappa shape index (κ2) is 3.03. The van der Waals surface area contributed by atoms with Crippen molar-refractivity contribution in [3.63, 3.8) is 0 Å². The van der Waals surface area contributed by atoms with Crippen LogP contribution < -0.4 is 0 Å². The van der Waals surface area contributed by atoms with E-state index in [-0.39, 0.29) is 0 Å². The Morgan fingerprint density at radius 1 is 1.27 bits per heavy atom. The summed E-state index contributed by atoms with van der Waals surface area (Å²) in [5, 5.41) is 8.00. The van der Waals surface area contributed by atoms with Crippen LogP contribution in [0.4, 0.5) is 0 Å². The molecule has 3 nitrogen and oxygen atoms in total. The molecule has 11 heavy (non-hydrogen) atoms. The molecular weight excluding hydrogens is 138 g/mol. The van der Waals surface area contributed by atoms with Crippen molar-refractivity contribution in [1.82, 2.24) is 14.8 Å². The lowest BCUT2D eigenvalue weighted by molar-refractivity contribution is 0.506. The molecule has 0 spiro atoms. The van der Waals surface area contributed by atoms with Gasteiger partial charge in [-0.1, -0.05) is 6.92 Å². The molecule has 62 valence electrons. The zero-order valence-electron chi connectivity index (χ0n) is 7.63. The molecule has 1 rings (SSSR count). The molecule has 1 aromatic heterocycles. The van der Waals surface area contributed by atoms with E-state index in [0.29, 0.717) is 6.04 Å². The standard InChI is InChI=1S/C8H15N3/c1-5-6(2)11-7(3)9-10-8(11)4/h6H,5H2,1-4H3. The largest absolute Gasteiger partial charge is 0.313 e. The molecule has 1 aromatic rings. The third-order valence-corrected chi connectivity index (χ3v) is 2.07. The van der Waals surface area contributed by atoms with Gasteiger partial charge in [0.2, 0.25) is 0 Å². The van der Waals surface area contributed by atoms with E-state index >= 15 is 0 Å². The van der Waals surface area contributed by atoms with Crippen LogP contribution in [0.2, 0.25) is 0 Å². The summed E-state index contributed by atoms with van der Waals surface area (Å²) in [5.74, 6) is 2.02.